The predicted octanol–water partition coefficient (Wildman–Crippen LogP) is 2.86. The Labute approximate surface area is 182 Å². The molecular weight excluding hydrogens is 414 g/mol. The molecule has 0 aliphatic carbocycles. The predicted molar refractivity (Wildman–Crippen MR) is 116 cm³/mol. The lowest BCUT2D eigenvalue weighted by molar-refractivity contribution is -0.118. The summed E-state index contributed by atoms with van der Waals surface area (Å²) in [7, 11) is 1.57. The highest BCUT2D eigenvalue weighted by Crippen LogP contribution is 2.24. The number of furan rings is 1. The zero-order valence-corrected chi connectivity index (χ0v) is 17.7. The number of nitrogens with zero attached hydrogens (tertiary/aromatic N) is 3. The maximum atomic E-state index is 12.6. The Hall–Kier alpha value is -4.34. The Morgan fingerprint density at radius 1 is 1.19 bits per heavy atom. The van der Waals surface area contributed by atoms with Crippen LogP contribution in [0.4, 0.5) is 5.82 Å². The normalized spacial score (nSPS) is 10.7. The number of aryl methyl sites for hydroxylation is 1. The van der Waals surface area contributed by atoms with Gasteiger partial charge >= 0.3 is 0 Å². The number of aromatic nitrogens is 4. The Morgan fingerprint density at radius 3 is 2.59 bits per heavy atom. The minimum atomic E-state index is -0.417. The Kier molecular flexibility index (Phi) is 5.75. The Bertz CT molecular complexity index is 1290. The number of carbonyl (C=O) groups excluding carboxylic acids is 1. The zero-order valence-electron chi connectivity index (χ0n) is 17.7. The van der Waals surface area contributed by atoms with Gasteiger partial charge in [0, 0.05) is 17.3 Å². The number of H-pyrrole nitrogens is 1. The molecule has 164 valence electrons. The molecule has 0 fully saturated rings. The fourth-order valence-corrected chi connectivity index (χ4v) is 2.91. The van der Waals surface area contributed by atoms with E-state index < -0.39 is 5.91 Å². The summed E-state index contributed by atoms with van der Waals surface area (Å²) in [5.74, 6) is 1.75. The zero-order chi connectivity index (χ0) is 22.7. The van der Waals surface area contributed by atoms with Gasteiger partial charge in [-0.2, -0.15) is 9.78 Å². The van der Waals surface area contributed by atoms with Crippen LogP contribution in [0.25, 0.3) is 17.4 Å². The van der Waals surface area contributed by atoms with E-state index in [1.807, 2.05) is 0 Å². The van der Waals surface area contributed by atoms with Crippen molar-refractivity contribution in [2.45, 2.75) is 13.8 Å². The highest BCUT2D eigenvalue weighted by Gasteiger charge is 2.18. The SMILES string of the molecule is COc1ccc(OCC(=O)Nc2cc(-c3ccco3)nn2-c2nc(C)c(C)c(=O)[nH]2)cc1. The Morgan fingerprint density at radius 2 is 1.94 bits per heavy atom. The van der Waals surface area contributed by atoms with E-state index in [9.17, 15) is 9.59 Å². The second-order valence-electron chi connectivity index (χ2n) is 6.92. The van der Waals surface area contributed by atoms with Gasteiger partial charge in [0.25, 0.3) is 11.5 Å². The number of nitrogens with one attached hydrogen (secondary N) is 2. The first kappa shape index (κ1) is 20.9. The lowest BCUT2D eigenvalue weighted by Gasteiger charge is -2.10. The third-order valence-corrected chi connectivity index (χ3v) is 4.76. The molecule has 32 heavy (non-hydrogen) atoms. The molecule has 0 atom stereocenters. The number of anilines is 1. The lowest BCUT2D eigenvalue weighted by atomic mass is 10.3. The van der Waals surface area contributed by atoms with Gasteiger partial charge in [0.1, 0.15) is 23.0 Å². The summed E-state index contributed by atoms with van der Waals surface area (Å²) in [4.78, 5) is 31.9. The van der Waals surface area contributed by atoms with Crippen molar-refractivity contribution in [1.82, 2.24) is 19.7 Å². The molecule has 0 unspecified atom stereocenters. The standard InChI is InChI=1S/C22H21N5O5/c1-13-14(2)23-22(25-21(13)29)27-19(11-17(26-27)18-5-4-10-31-18)24-20(28)12-32-16-8-6-15(30-3)7-9-16/h4-11H,12H2,1-3H3,(H,24,28)(H,23,25,29). The third-order valence-electron chi connectivity index (χ3n) is 4.76. The number of hydrogen-bond acceptors (Lipinski definition) is 7. The third kappa shape index (κ3) is 4.38. The number of amides is 1. The molecule has 4 rings (SSSR count). The molecule has 1 aromatic carbocycles. The van der Waals surface area contributed by atoms with Crippen molar-refractivity contribution in [3.05, 3.63) is 70.3 Å². The molecule has 10 nitrogen and oxygen atoms in total. The van der Waals surface area contributed by atoms with Crippen LogP contribution >= 0.6 is 0 Å². The number of carbonyl (C=O) groups is 1. The highest BCUT2D eigenvalue weighted by molar-refractivity contribution is 5.91. The molecule has 0 aliphatic rings. The highest BCUT2D eigenvalue weighted by atomic mass is 16.5. The molecule has 3 aromatic heterocycles. The molecule has 0 saturated heterocycles. The Balaban J connectivity index is 1.59. The second kappa shape index (κ2) is 8.80. The molecule has 10 heteroatoms. The van der Waals surface area contributed by atoms with E-state index in [2.05, 4.69) is 20.4 Å². The smallest absolute Gasteiger partial charge is 0.263 e. The fourth-order valence-electron chi connectivity index (χ4n) is 2.91. The van der Waals surface area contributed by atoms with Gasteiger partial charge in [-0.3, -0.25) is 14.6 Å². The minimum absolute atomic E-state index is 0.169. The van der Waals surface area contributed by atoms with E-state index >= 15 is 0 Å². The van der Waals surface area contributed by atoms with Gasteiger partial charge in [-0.15, -0.1) is 0 Å². The van der Waals surface area contributed by atoms with Crippen LogP contribution in [0.2, 0.25) is 0 Å². The molecule has 2 N–H and O–H groups in total. The first-order chi connectivity index (χ1) is 15.4. The first-order valence-electron chi connectivity index (χ1n) is 9.73. The first-order valence-corrected chi connectivity index (χ1v) is 9.73. The van der Waals surface area contributed by atoms with Gasteiger partial charge in [0.2, 0.25) is 5.95 Å². The van der Waals surface area contributed by atoms with Crippen LogP contribution in [-0.2, 0) is 4.79 Å². The number of benzene rings is 1. The van der Waals surface area contributed by atoms with Crippen molar-refractivity contribution < 1.29 is 18.7 Å². The summed E-state index contributed by atoms with van der Waals surface area (Å²) >= 11 is 0. The van der Waals surface area contributed by atoms with Crippen LogP contribution in [0.15, 0.2) is 57.9 Å². The summed E-state index contributed by atoms with van der Waals surface area (Å²) in [5.41, 5.74) is 1.23. The van der Waals surface area contributed by atoms with Crippen LogP contribution in [0.5, 0.6) is 11.5 Å². The average Bonchev–Trinajstić information content (AvgIpc) is 3.46. The van der Waals surface area contributed by atoms with E-state index in [1.54, 1.807) is 63.4 Å². The average molecular weight is 435 g/mol. The van der Waals surface area contributed by atoms with E-state index in [-0.39, 0.29) is 18.1 Å². The molecule has 0 radical (unpaired) electrons. The summed E-state index contributed by atoms with van der Waals surface area (Å²) in [6.45, 7) is 3.18. The van der Waals surface area contributed by atoms with Crippen molar-refractivity contribution >= 4 is 11.7 Å². The molecule has 0 saturated carbocycles. The molecule has 1 amide bonds. The van der Waals surface area contributed by atoms with Gasteiger partial charge < -0.3 is 19.2 Å². The van der Waals surface area contributed by atoms with Crippen LogP contribution in [0.3, 0.4) is 0 Å². The number of aromatic amines is 1. The van der Waals surface area contributed by atoms with E-state index in [4.69, 9.17) is 13.9 Å². The maximum absolute atomic E-state index is 12.6. The fraction of sp³-hybridized carbons (Fsp3) is 0.182. The van der Waals surface area contributed by atoms with Crippen LogP contribution in [0, 0.1) is 13.8 Å². The monoisotopic (exact) mass is 435 g/mol. The summed E-state index contributed by atoms with van der Waals surface area (Å²) in [6.07, 6.45) is 1.52. The molecule has 4 aromatic rings. The van der Waals surface area contributed by atoms with Crippen molar-refractivity contribution in [2.75, 3.05) is 19.0 Å². The molecule has 0 bridgehead atoms. The summed E-state index contributed by atoms with van der Waals surface area (Å²) in [6, 6.07) is 12.0. The molecular formula is C22H21N5O5. The van der Waals surface area contributed by atoms with Crippen LogP contribution in [-0.4, -0.2) is 39.4 Å². The van der Waals surface area contributed by atoms with Gasteiger partial charge in [0.15, 0.2) is 12.4 Å². The van der Waals surface area contributed by atoms with Crippen LogP contribution in [0.1, 0.15) is 11.3 Å². The number of rotatable bonds is 7. The van der Waals surface area contributed by atoms with Gasteiger partial charge in [-0.25, -0.2) is 4.98 Å². The minimum Gasteiger partial charge on any atom is -0.497 e. The number of methoxy groups -OCH3 is 1. The topological polar surface area (TPSA) is 124 Å². The van der Waals surface area contributed by atoms with Crippen LogP contribution < -0.4 is 20.3 Å². The van der Waals surface area contributed by atoms with Crippen molar-refractivity contribution in [1.29, 1.82) is 0 Å². The van der Waals surface area contributed by atoms with E-state index in [0.29, 0.717) is 40.0 Å². The van der Waals surface area contributed by atoms with Crippen molar-refractivity contribution in [2.24, 2.45) is 0 Å². The second-order valence-corrected chi connectivity index (χ2v) is 6.92. The molecule has 3 heterocycles. The summed E-state index contributed by atoms with van der Waals surface area (Å²) in [5, 5.41) is 7.19. The number of ether oxygens (including phenoxy) is 2. The van der Waals surface area contributed by atoms with E-state index in [1.165, 1.54) is 10.9 Å². The van der Waals surface area contributed by atoms with Gasteiger partial charge in [-0.1, -0.05) is 0 Å². The molecule has 0 spiro atoms. The van der Waals surface area contributed by atoms with E-state index in [0.717, 1.165) is 0 Å². The lowest BCUT2D eigenvalue weighted by Crippen LogP contribution is -2.23. The molecule has 0 aliphatic heterocycles. The largest absolute Gasteiger partial charge is 0.497 e. The quantitative estimate of drug-likeness (QED) is 0.457. The summed E-state index contributed by atoms with van der Waals surface area (Å²) < 4.78 is 17.4. The van der Waals surface area contributed by atoms with Gasteiger partial charge in [0.05, 0.1) is 13.4 Å². The maximum Gasteiger partial charge on any atom is 0.263 e. The van der Waals surface area contributed by atoms with Crippen molar-refractivity contribution in [3.63, 3.8) is 0 Å². The number of hydrogen-bond donors (Lipinski definition) is 2. The van der Waals surface area contributed by atoms with Crippen molar-refractivity contribution in [3.8, 4) is 28.9 Å². The van der Waals surface area contributed by atoms with Gasteiger partial charge in [-0.05, 0) is 50.2 Å².